The van der Waals surface area contributed by atoms with Crippen LogP contribution in [-0.4, -0.2) is 0 Å². The summed E-state index contributed by atoms with van der Waals surface area (Å²) in [7, 11) is 0. The third-order valence-electron chi connectivity index (χ3n) is 2.54. The van der Waals surface area contributed by atoms with E-state index in [9.17, 15) is 0 Å². The second kappa shape index (κ2) is 4.84. The molecule has 0 fully saturated rings. The zero-order chi connectivity index (χ0) is 11.8. The van der Waals surface area contributed by atoms with Crippen molar-refractivity contribution in [3.05, 3.63) is 56.0 Å². The molecule has 1 aromatic carbocycles. The van der Waals surface area contributed by atoms with Gasteiger partial charge in [0.2, 0.25) is 0 Å². The molecule has 0 amide bonds. The molecule has 2 heterocycles. The average Bonchev–Trinajstić information content (AvgIpc) is 2.93. The van der Waals surface area contributed by atoms with E-state index in [0.717, 1.165) is 0 Å². The number of benzene rings is 1. The first-order chi connectivity index (χ1) is 8.24. The standard InChI is InChI=1S/C13H8Br2S2/c14-12-6-5-10(17-12)13(15)11-7-8-3-1-2-4-9(8)16-11/h1-7,13H. The predicted molar refractivity (Wildman–Crippen MR) is 84.6 cm³/mol. The van der Waals surface area contributed by atoms with Gasteiger partial charge in [0, 0.05) is 14.5 Å². The van der Waals surface area contributed by atoms with Gasteiger partial charge in [-0.25, -0.2) is 0 Å². The summed E-state index contributed by atoms with van der Waals surface area (Å²) in [5.74, 6) is 0. The number of hydrogen-bond donors (Lipinski definition) is 0. The molecule has 0 aliphatic rings. The number of fused-ring (bicyclic) bond motifs is 1. The van der Waals surface area contributed by atoms with Crippen molar-refractivity contribution < 1.29 is 0 Å². The molecule has 0 saturated carbocycles. The molecule has 2 aromatic heterocycles. The lowest BCUT2D eigenvalue weighted by Crippen LogP contribution is -1.83. The third-order valence-corrected chi connectivity index (χ3v) is 7.00. The van der Waals surface area contributed by atoms with E-state index in [4.69, 9.17) is 0 Å². The molecule has 0 saturated heterocycles. The fraction of sp³-hybridized carbons (Fsp3) is 0.0769. The van der Waals surface area contributed by atoms with E-state index in [2.05, 4.69) is 74.3 Å². The maximum atomic E-state index is 3.79. The van der Waals surface area contributed by atoms with Gasteiger partial charge in [-0.15, -0.1) is 22.7 Å². The van der Waals surface area contributed by atoms with Crippen LogP contribution in [0.25, 0.3) is 10.1 Å². The monoisotopic (exact) mass is 386 g/mol. The lowest BCUT2D eigenvalue weighted by Gasteiger charge is -2.03. The van der Waals surface area contributed by atoms with Crippen molar-refractivity contribution in [1.29, 1.82) is 0 Å². The zero-order valence-electron chi connectivity index (χ0n) is 8.69. The summed E-state index contributed by atoms with van der Waals surface area (Å²) in [5.41, 5.74) is 0. The Morgan fingerprint density at radius 3 is 2.47 bits per heavy atom. The molecule has 1 atom stereocenters. The van der Waals surface area contributed by atoms with Crippen LogP contribution in [0.1, 0.15) is 14.6 Å². The first kappa shape index (κ1) is 11.9. The first-order valence-corrected chi connectivity index (χ1v) is 8.46. The second-order valence-corrected chi connectivity index (χ2v) is 8.22. The van der Waals surface area contributed by atoms with Crippen molar-refractivity contribution in [3.8, 4) is 0 Å². The van der Waals surface area contributed by atoms with Crippen LogP contribution >= 0.6 is 54.5 Å². The fourth-order valence-electron chi connectivity index (χ4n) is 1.73. The van der Waals surface area contributed by atoms with Crippen LogP contribution in [0.5, 0.6) is 0 Å². The van der Waals surface area contributed by atoms with Crippen LogP contribution in [0.4, 0.5) is 0 Å². The SMILES string of the molecule is Brc1ccc(C(Br)c2cc3ccccc3s2)s1. The van der Waals surface area contributed by atoms with E-state index in [0.29, 0.717) is 4.83 Å². The Balaban J connectivity index is 2.03. The highest BCUT2D eigenvalue weighted by Crippen LogP contribution is 2.41. The highest BCUT2D eigenvalue weighted by Gasteiger charge is 2.15. The molecule has 3 rings (SSSR count). The van der Waals surface area contributed by atoms with E-state index in [1.807, 2.05) is 11.3 Å². The Morgan fingerprint density at radius 2 is 1.76 bits per heavy atom. The molecular formula is C13H8Br2S2. The summed E-state index contributed by atoms with van der Waals surface area (Å²) in [6.07, 6.45) is 0. The minimum atomic E-state index is 0.302. The Kier molecular flexibility index (Phi) is 3.39. The minimum absolute atomic E-state index is 0.302. The van der Waals surface area contributed by atoms with Crippen LogP contribution in [0, 0.1) is 0 Å². The number of alkyl halides is 1. The molecule has 0 aliphatic heterocycles. The Labute approximate surface area is 125 Å². The van der Waals surface area contributed by atoms with Crippen molar-refractivity contribution in [2.75, 3.05) is 0 Å². The summed E-state index contributed by atoms with van der Waals surface area (Å²) >= 11 is 10.9. The highest BCUT2D eigenvalue weighted by atomic mass is 79.9. The average molecular weight is 388 g/mol. The van der Waals surface area contributed by atoms with Gasteiger partial charge in [-0.1, -0.05) is 34.1 Å². The largest absolute Gasteiger partial charge is 0.139 e. The Hall–Kier alpha value is -0.160. The Bertz CT molecular complexity index is 621. The molecule has 4 heteroatoms. The van der Waals surface area contributed by atoms with E-state index >= 15 is 0 Å². The van der Waals surface area contributed by atoms with Gasteiger partial charge >= 0.3 is 0 Å². The van der Waals surface area contributed by atoms with Crippen molar-refractivity contribution in [3.63, 3.8) is 0 Å². The summed E-state index contributed by atoms with van der Waals surface area (Å²) in [4.78, 5) is 3.00. The third kappa shape index (κ3) is 2.36. The quantitative estimate of drug-likeness (QED) is 0.458. The van der Waals surface area contributed by atoms with Crippen LogP contribution in [0.2, 0.25) is 0 Å². The number of hydrogen-bond acceptors (Lipinski definition) is 2. The molecule has 0 bridgehead atoms. The van der Waals surface area contributed by atoms with Gasteiger partial charge < -0.3 is 0 Å². The maximum Gasteiger partial charge on any atom is 0.0831 e. The van der Waals surface area contributed by atoms with E-state index < -0.39 is 0 Å². The van der Waals surface area contributed by atoms with Gasteiger partial charge in [-0.3, -0.25) is 0 Å². The molecule has 0 radical (unpaired) electrons. The van der Waals surface area contributed by atoms with Crippen molar-refractivity contribution in [2.24, 2.45) is 0 Å². The smallest absolute Gasteiger partial charge is 0.0831 e. The molecule has 17 heavy (non-hydrogen) atoms. The minimum Gasteiger partial charge on any atom is -0.139 e. The summed E-state index contributed by atoms with van der Waals surface area (Å²) < 4.78 is 2.53. The first-order valence-electron chi connectivity index (χ1n) is 5.12. The van der Waals surface area contributed by atoms with E-state index in [1.165, 1.54) is 23.6 Å². The lowest BCUT2D eigenvalue weighted by atomic mass is 10.2. The molecule has 0 N–H and O–H groups in total. The molecule has 1 unspecified atom stereocenters. The molecule has 86 valence electrons. The summed E-state index contributed by atoms with van der Waals surface area (Å²) in [5, 5.41) is 1.33. The van der Waals surface area contributed by atoms with Crippen LogP contribution in [-0.2, 0) is 0 Å². The van der Waals surface area contributed by atoms with Gasteiger partial charge in [0.25, 0.3) is 0 Å². The zero-order valence-corrected chi connectivity index (χ0v) is 13.5. The van der Waals surface area contributed by atoms with Crippen molar-refractivity contribution >= 4 is 64.6 Å². The van der Waals surface area contributed by atoms with Gasteiger partial charge in [0.15, 0.2) is 0 Å². The summed E-state index contributed by atoms with van der Waals surface area (Å²) in [6.45, 7) is 0. The fourth-order valence-corrected chi connectivity index (χ4v) is 5.13. The number of rotatable bonds is 2. The van der Waals surface area contributed by atoms with E-state index in [-0.39, 0.29) is 0 Å². The normalized spacial score (nSPS) is 13.1. The van der Waals surface area contributed by atoms with Gasteiger partial charge in [-0.2, -0.15) is 0 Å². The lowest BCUT2D eigenvalue weighted by molar-refractivity contribution is 1.29. The molecule has 0 spiro atoms. The van der Waals surface area contributed by atoms with E-state index in [1.54, 1.807) is 11.3 Å². The molecular weight excluding hydrogens is 380 g/mol. The van der Waals surface area contributed by atoms with Crippen molar-refractivity contribution in [1.82, 2.24) is 0 Å². The van der Waals surface area contributed by atoms with Crippen LogP contribution in [0.3, 0.4) is 0 Å². The van der Waals surface area contributed by atoms with Crippen LogP contribution in [0.15, 0.2) is 46.3 Å². The summed E-state index contributed by atoms with van der Waals surface area (Å²) in [6, 6.07) is 15.1. The topological polar surface area (TPSA) is 0 Å². The number of thiophene rings is 2. The van der Waals surface area contributed by atoms with Gasteiger partial charge in [0.1, 0.15) is 0 Å². The number of halogens is 2. The molecule has 0 aliphatic carbocycles. The highest BCUT2D eigenvalue weighted by molar-refractivity contribution is 9.11. The molecule has 0 nitrogen and oxygen atoms in total. The van der Waals surface area contributed by atoms with Gasteiger partial charge in [0.05, 0.1) is 8.61 Å². The Morgan fingerprint density at radius 1 is 0.941 bits per heavy atom. The molecule has 3 aromatic rings. The van der Waals surface area contributed by atoms with Crippen LogP contribution < -0.4 is 0 Å². The maximum absolute atomic E-state index is 3.79. The van der Waals surface area contributed by atoms with Crippen molar-refractivity contribution in [2.45, 2.75) is 4.83 Å². The second-order valence-electron chi connectivity index (χ2n) is 3.69. The predicted octanol–water partition coefficient (Wildman–Crippen LogP) is 6.21. The van der Waals surface area contributed by atoms with Gasteiger partial charge in [-0.05, 0) is 45.6 Å².